The van der Waals surface area contributed by atoms with Gasteiger partial charge in [0, 0.05) is 4.70 Å². The smallest absolute Gasteiger partial charge is 0.269 e. The highest BCUT2D eigenvalue weighted by atomic mass is 32.1. The molecule has 0 amide bonds. The number of hydrogen-bond acceptors (Lipinski definition) is 3. The maximum atomic E-state index is 13.0. The second-order valence-electron chi connectivity index (χ2n) is 4.91. The fourth-order valence-electron chi connectivity index (χ4n) is 2.35. The van der Waals surface area contributed by atoms with Crippen molar-refractivity contribution in [1.82, 2.24) is 4.57 Å². The average Bonchev–Trinajstić information content (AvgIpc) is 2.51. The summed E-state index contributed by atoms with van der Waals surface area (Å²) < 4.78 is 40.5. The summed E-state index contributed by atoms with van der Waals surface area (Å²) in [5, 5.41) is 0.321. The number of nitrogens with zero attached hydrogens (tertiary/aromatic N) is 1. The highest BCUT2D eigenvalue weighted by Gasteiger charge is 2.33. The molecule has 0 saturated heterocycles. The van der Waals surface area contributed by atoms with Gasteiger partial charge in [-0.1, -0.05) is 41.7 Å². The predicted octanol–water partition coefficient (Wildman–Crippen LogP) is 3.49. The van der Waals surface area contributed by atoms with Crippen LogP contribution in [0, 0.1) is 0 Å². The standard InChI is InChI=1S/C16H10F3NO2S/c17-16(18,19)12-7-3-1-5-10(12)9-20-14(21)11-6-2-4-8-13(11)23-15(20)22/h1-8H,9H2. The van der Waals surface area contributed by atoms with Crippen LogP contribution in [0.15, 0.2) is 58.1 Å². The molecule has 118 valence electrons. The van der Waals surface area contributed by atoms with Gasteiger partial charge in [0.2, 0.25) is 0 Å². The van der Waals surface area contributed by atoms with Crippen LogP contribution in [0.4, 0.5) is 13.2 Å². The summed E-state index contributed by atoms with van der Waals surface area (Å²) in [6.07, 6.45) is -4.54. The van der Waals surface area contributed by atoms with Gasteiger partial charge in [0.25, 0.3) is 5.56 Å². The largest absolute Gasteiger partial charge is 0.416 e. The van der Waals surface area contributed by atoms with Crippen molar-refractivity contribution in [3.05, 3.63) is 79.7 Å². The normalized spacial score (nSPS) is 11.8. The quantitative estimate of drug-likeness (QED) is 0.718. The van der Waals surface area contributed by atoms with Gasteiger partial charge in [-0.15, -0.1) is 0 Å². The van der Waals surface area contributed by atoms with Gasteiger partial charge in [0.15, 0.2) is 0 Å². The molecule has 0 aliphatic carbocycles. The summed E-state index contributed by atoms with van der Waals surface area (Å²) >= 11 is 0.841. The first kappa shape index (κ1) is 15.5. The molecule has 1 heterocycles. The molecule has 0 radical (unpaired) electrons. The Morgan fingerprint density at radius 2 is 1.61 bits per heavy atom. The highest BCUT2D eigenvalue weighted by molar-refractivity contribution is 7.16. The van der Waals surface area contributed by atoms with Crippen molar-refractivity contribution in [1.29, 1.82) is 0 Å². The molecule has 3 rings (SSSR count). The number of aromatic nitrogens is 1. The van der Waals surface area contributed by atoms with E-state index in [1.807, 2.05) is 0 Å². The molecule has 7 heteroatoms. The molecule has 1 aromatic heterocycles. The van der Waals surface area contributed by atoms with Crippen LogP contribution in [-0.4, -0.2) is 4.57 Å². The molecule has 3 aromatic rings. The maximum absolute atomic E-state index is 13.0. The molecule has 23 heavy (non-hydrogen) atoms. The molecular formula is C16H10F3NO2S. The third-order valence-electron chi connectivity index (χ3n) is 3.43. The van der Waals surface area contributed by atoms with E-state index >= 15 is 0 Å². The van der Waals surface area contributed by atoms with Crippen molar-refractivity contribution in [3.8, 4) is 0 Å². The molecule has 2 aromatic carbocycles. The van der Waals surface area contributed by atoms with E-state index in [1.54, 1.807) is 24.3 Å². The molecular weight excluding hydrogens is 327 g/mol. The Morgan fingerprint density at radius 1 is 0.957 bits per heavy atom. The summed E-state index contributed by atoms with van der Waals surface area (Å²) in [4.78, 5) is 23.9. The van der Waals surface area contributed by atoms with Gasteiger partial charge in [-0.05, 0) is 23.8 Å². The van der Waals surface area contributed by atoms with Crippen LogP contribution < -0.4 is 10.4 Å². The van der Waals surface area contributed by atoms with E-state index in [0.717, 1.165) is 22.0 Å². The third-order valence-corrected chi connectivity index (χ3v) is 4.40. The zero-order valence-electron chi connectivity index (χ0n) is 11.6. The lowest BCUT2D eigenvalue weighted by molar-refractivity contribution is -0.138. The lowest BCUT2D eigenvalue weighted by Gasteiger charge is -2.13. The molecule has 0 fully saturated rings. The Morgan fingerprint density at radius 3 is 2.35 bits per heavy atom. The van der Waals surface area contributed by atoms with Crippen LogP contribution in [0.3, 0.4) is 0 Å². The molecule has 0 atom stereocenters. The van der Waals surface area contributed by atoms with Crippen LogP contribution in [-0.2, 0) is 12.7 Å². The van der Waals surface area contributed by atoms with Crippen LogP contribution >= 0.6 is 11.3 Å². The average molecular weight is 337 g/mol. The van der Waals surface area contributed by atoms with Crippen molar-refractivity contribution >= 4 is 21.4 Å². The summed E-state index contributed by atoms with van der Waals surface area (Å²) in [5.74, 6) is 0. The molecule has 0 N–H and O–H groups in total. The number of fused-ring (bicyclic) bond motifs is 1. The minimum atomic E-state index is -4.54. The molecule has 0 aliphatic rings. The topological polar surface area (TPSA) is 39.1 Å². The van der Waals surface area contributed by atoms with Gasteiger partial charge in [-0.3, -0.25) is 14.2 Å². The van der Waals surface area contributed by atoms with Crippen LogP contribution in [0.1, 0.15) is 11.1 Å². The predicted molar refractivity (Wildman–Crippen MR) is 82.9 cm³/mol. The van der Waals surface area contributed by atoms with E-state index in [9.17, 15) is 22.8 Å². The van der Waals surface area contributed by atoms with Crippen LogP contribution in [0.5, 0.6) is 0 Å². The molecule has 0 spiro atoms. The number of halogens is 3. The van der Waals surface area contributed by atoms with E-state index in [4.69, 9.17) is 0 Å². The highest BCUT2D eigenvalue weighted by Crippen LogP contribution is 2.32. The minimum absolute atomic E-state index is 0.110. The van der Waals surface area contributed by atoms with Crippen molar-refractivity contribution < 1.29 is 13.2 Å². The zero-order valence-corrected chi connectivity index (χ0v) is 12.4. The van der Waals surface area contributed by atoms with Crippen molar-refractivity contribution in [2.45, 2.75) is 12.7 Å². The van der Waals surface area contributed by atoms with Crippen LogP contribution in [0.2, 0.25) is 0 Å². The first-order valence-electron chi connectivity index (χ1n) is 6.66. The second-order valence-corrected chi connectivity index (χ2v) is 5.90. The Bertz CT molecular complexity index is 989. The first-order chi connectivity index (χ1) is 10.9. The van der Waals surface area contributed by atoms with Gasteiger partial charge in [0.05, 0.1) is 17.5 Å². The third kappa shape index (κ3) is 2.92. The van der Waals surface area contributed by atoms with Gasteiger partial charge < -0.3 is 0 Å². The van der Waals surface area contributed by atoms with Crippen LogP contribution in [0.25, 0.3) is 10.1 Å². The lowest BCUT2D eigenvalue weighted by atomic mass is 10.1. The van der Waals surface area contributed by atoms with E-state index in [0.29, 0.717) is 10.1 Å². The summed E-state index contributed by atoms with van der Waals surface area (Å²) in [6, 6.07) is 11.5. The fourth-order valence-corrected chi connectivity index (χ4v) is 3.21. The van der Waals surface area contributed by atoms with Crippen molar-refractivity contribution in [2.75, 3.05) is 0 Å². The van der Waals surface area contributed by atoms with E-state index in [1.165, 1.54) is 18.2 Å². The minimum Gasteiger partial charge on any atom is -0.269 e. The Kier molecular flexibility index (Phi) is 3.81. The first-order valence-corrected chi connectivity index (χ1v) is 7.47. The number of alkyl halides is 3. The molecule has 0 aliphatic heterocycles. The maximum Gasteiger partial charge on any atom is 0.416 e. The van der Waals surface area contributed by atoms with E-state index in [2.05, 4.69) is 0 Å². The lowest BCUT2D eigenvalue weighted by Crippen LogP contribution is -2.32. The van der Waals surface area contributed by atoms with Gasteiger partial charge in [0.1, 0.15) is 0 Å². The zero-order chi connectivity index (χ0) is 16.6. The number of hydrogen-bond donors (Lipinski definition) is 0. The van der Waals surface area contributed by atoms with Gasteiger partial charge >= 0.3 is 11.0 Å². The summed E-state index contributed by atoms with van der Waals surface area (Å²) in [7, 11) is 0. The second kappa shape index (κ2) is 5.66. The summed E-state index contributed by atoms with van der Waals surface area (Å²) in [5.41, 5.74) is -1.53. The van der Waals surface area contributed by atoms with Gasteiger partial charge in [-0.2, -0.15) is 13.2 Å². The molecule has 0 saturated carbocycles. The SMILES string of the molecule is O=c1sc2ccccc2c(=O)n1Cc1ccccc1C(F)(F)F. The Balaban J connectivity index is 2.18. The molecule has 0 unspecified atom stereocenters. The van der Waals surface area contributed by atoms with E-state index < -0.39 is 28.7 Å². The Labute approximate surface area is 132 Å². The van der Waals surface area contributed by atoms with Gasteiger partial charge in [-0.25, -0.2) is 0 Å². The molecule has 3 nitrogen and oxygen atoms in total. The fraction of sp³-hybridized carbons (Fsp3) is 0.125. The monoisotopic (exact) mass is 337 g/mol. The van der Waals surface area contributed by atoms with Crippen molar-refractivity contribution in [2.24, 2.45) is 0 Å². The van der Waals surface area contributed by atoms with E-state index in [-0.39, 0.29) is 5.56 Å². The molecule has 0 bridgehead atoms. The van der Waals surface area contributed by atoms with Crippen molar-refractivity contribution in [3.63, 3.8) is 0 Å². The number of benzene rings is 2. The summed E-state index contributed by atoms with van der Waals surface area (Å²) in [6.45, 7) is -0.408. The number of rotatable bonds is 2. The Hall–Kier alpha value is -2.41.